The van der Waals surface area contributed by atoms with E-state index in [9.17, 15) is 4.79 Å². The number of hydrogen-bond acceptors (Lipinski definition) is 5. The number of nitrogens with one attached hydrogen (secondary N) is 1. The van der Waals surface area contributed by atoms with Crippen LogP contribution in [0.5, 0.6) is 0 Å². The third-order valence-corrected chi connectivity index (χ3v) is 4.61. The molecule has 1 aliphatic heterocycles. The number of carbonyl (C=O) groups excluding carboxylic acids is 1. The molecule has 1 saturated heterocycles. The van der Waals surface area contributed by atoms with Gasteiger partial charge in [0.05, 0.1) is 5.69 Å². The molecule has 1 aliphatic rings. The van der Waals surface area contributed by atoms with Gasteiger partial charge in [-0.1, -0.05) is 19.0 Å². The number of hydrogen-bond donors (Lipinski definition) is 1. The van der Waals surface area contributed by atoms with Crippen LogP contribution in [-0.4, -0.2) is 41.1 Å². The van der Waals surface area contributed by atoms with Crippen LogP contribution in [0.2, 0.25) is 0 Å². The number of pyridine rings is 1. The van der Waals surface area contributed by atoms with Crippen LogP contribution >= 0.6 is 0 Å². The Kier molecular flexibility index (Phi) is 5.36. The molecule has 0 saturated carbocycles. The lowest BCUT2D eigenvalue weighted by Crippen LogP contribution is -2.39. The van der Waals surface area contributed by atoms with Crippen LogP contribution in [0.1, 0.15) is 54.4 Å². The third kappa shape index (κ3) is 4.18. The zero-order valence-corrected chi connectivity index (χ0v) is 15.2. The van der Waals surface area contributed by atoms with Crippen molar-refractivity contribution in [2.45, 2.75) is 39.0 Å². The van der Waals surface area contributed by atoms with Crippen LogP contribution < -0.4 is 5.32 Å². The molecule has 2 aromatic heterocycles. The van der Waals surface area contributed by atoms with Crippen LogP contribution in [0.25, 0.3) is 0 Å². The lowest BCUT2D eigenvalue weighted by molar-refractivity contribution is 0.0665. The monoisotopic (exact) mass is 342 g/mol. The van der Waals surface area contributed by atoms with E-state index >= 15 is 0 Å². The van der Waals surface area contributed by atoms with E-state index in [4.69, 9.17) is 4.52 Å². The number of anilines is 1. The molecule has 1 N–H and O–H groups in total. The minimum Gasteiger partial charge on any atom is -0.373 e. The van der Waals surface area contributed by atoms with Gasteiger partial charge < -0.3 is 14.7 Å². The van der Waals surface area contributed by atoms with Crippen molar-refractivity contribution in [1.29, 1.82) is 0 Å². The predicted octanol–water partition coefficient (Wildman–Crippen LogP) is 3.33. The molecule has 1 fully saturated rings. The Morgan fingerprint density at radius 2 is 2.28 bits per heavy atom. The molecule has 0 aromatic carbocycles. The maximum Gasteiger partial charge on any atom is 0.292 e. The van der Waals surface area contributed by atoms with Crippen molar-refractivity contribution >= 4 is 11.7 Å². The van der Waals surface area contributed by atoms with Crippen molar-refractivity contribution in [2.24, 2.45) is 5.92 Å². The summed E-state index contributed by atoms with van der Waals surface area (Å²) in [6, 6.07) is 5.89. The molecule has 0 spiro atoms. The summed E-state index contributed by atoms with van der Waals surface area (Å²) in [5, 5.41) is 7.10. The Labute approximate surface area is 148 Å². The van der Waals surface area contributed by atoms with E-state index in [1.54, 1.807) is 6.07 Å². The second kappa shape index (κ2) is 7.68. The SMILES string of the molecule is CNc1cc(C2CCCN(C(=O)c3cc(CC(C)C)no3)C2)ccn1. The molecule has 3 heterocycles. The first-order chi connectivity index (χ1) is 12.1. The number of piperidine rings is 1. The average molecular weight is 342 g/mol. The van der Waals surface area contributed by atoms with Gasteiger partial charge in [-0.05, 0) is 42.9 Å². The summed E-state index contributed by atoms with van der Waals surface area (Å²) >= 11 is 0. The van der Waals surface area contributed by atoms with Crippen molar-refractivity contribution in [3.05, 3.63) is 41.4 Å². The Morgan fingerprint density at radius 3 is 3.04 bits per heavy atom. The molecular formula is C19H26N4O2. The lowest BCUT2D eigenvalue weighted by atomic mass is 9.91. The van der Waals surface area contributed by atoms with E-state index in [0.717, 1.165) is 37.3 Å². The normalized spacial score (nSPS) is 17.8. The molecule has 1 atom stereocenters. The van der Waals surface area contributed by atoms with Crippen molar-refractivity contribution in [1.82, 2.24) is 15.0 Å². The van der Waals surface area contributed by atoms with Gasteiger partial charge in [-0.2, -0.15) is 0 Å². The number of amides is 1. The highest BCUT2D eigenvalue weighted by Gasteiger charge is 2.28. The van der Waals surface area contributed by atoms with Gasteiger partial charge >= 0.3 is 0 Å². The van der Waals surface area contributed by atoms with Gasteiger partial charge in [0.1, 0.15) is 5.82 Å². The van der Waals surface area contributed by atoms with Crippen LogP contribution in [0, 0.1) is 5.92 Å². The second-order valence-electron chi connectivity index (χ2n) is 7.10. The molecule has 0 aliphatic carbocycles. The van der Waals surface area contributed by atoms with Crippen LogP contribution in [0.3, 0.4) is 0 Å². The number of rotatable bonds is 5. The van der Waals surface area contributed by atoms with E-state index in [1.807, 2.05) is 24.2 Å². The van der Waals surface area contributed by atoms with Crippen LogP contribution in [0.4, 0.5) is 5.82 Å². The number of nitrogens with zero attached hydrogens (tertiary/aromatic N) is 3. The van der Waals surface area contributed by atoms with Gasteiger partial charge in [-0.25, -0.2) is 4.98 Å². The maximum absolute atomic E-state index is 12.8. The van der Waals surface area contributed by atoms with E-state index in [0.29, 0.717) is 24.1 Å². The van der Waals surface area contributed by atoms with Crippen molar-refractivity contribution < 1.29 is 9.32 Å². The fourth-order valence-corrected chi connectivity index (χ4v) is 3.35. The molecule has 0 bridgehead atoms. The maximum atomic E-state index is 12.8. The number of likely N-dealkylation sites (tertiary alicyclic amines) is 1. The van der Waals surface area contributed by atoms with E-state index < -0.39 is 0 Å². The zero-order chi connectivity index (χ0) is 17.8. The summed E-state index contributed by atoms with van der Waals surface area (Å²) in [6.07, 6.45) is 4.70. The average Bonchev–Trinajstić information content (AvgIpc) is 3.09. The smallest absolute Gasteiger partial charge is 0.292 e. The highest BCUT2D eigenvalue weighted by molar-refractivity contribution is 5.91. The minimum absolute atomic E-state index is 0.0601. The largest absolute Gasteiger partial charge is 0.373 e. The predicted molar refractivity (Wildman–Crippen MR) is 96.7 cm³/mol. The van der Waals surface area contributed by atoms with Crippen molar-refractivity contribution in [2.75, 3.05) is 25.5 Å². The fourth-order valence-electron chi connectivity index (χ4n) is 3.35. The standard InChI is InChI=1S/C19H26N4O2/c1-13(2)9-16-11-17(25-22-16)19(24)23-8-4-5-15(12-23)14-6-7-21-18(10-14)20-3/h6-7,10-11,13,15H,4-5,8-9,12H2,1-3H3,(H,20,21). The summed E-state index contributed by atoms with van der Waals surface area (Å²) in [6.45, 7) is 5.71. The Morgan fingerprint density at radius 1 is 1.44 bits per heavy atom. The lowest BCUT2D eigenvalue weighted by Gasteiger charge is -2.32. The summed E-state index contributed by atoms with van der Waals surface area (Å²) < 4.78 is 5.30. The number of aromatic nitrogens is 2. The van der Waals surface area contributed by atoms with Crippen LogP contribution in [-0.2, 0) is 6.42 Å². The first kappa shape index (κ1) is 17.5. The molecule has 25 heavy (non-hydrogen) atoms. The third-order valence-electron chi connectivity index (χ3n) is 4.61. The molecular weight excluding hydrogens is 316 g/mol. The topological polar surface area (TPSA) is 71.3 Å². The highest BCUT2D eigenvalue weighted by atomic mass is 16.5. The van der Waals surface area contributed by atoms with Gasteiger partial charge in [-0.15, -0.1) is 0 Å². The van der Waals surface area contributed by atoms with E-state index in [2.05, 4.69) is 35.4 Å². The molecule has 0 radical (unpaired) electrons. The molecule has 1 unspecified atom stereocenters. The molecule has 2 aromatic rings. The van der Waals surface area contributed by atoms with Gasteiger partial charge in [-0.3, -0.25) is 4.79 Å². The minimum atomic E-state index is -0.0601. The summed E-state index contributed by atoms with van der Waals surface area (Å²) in [4.78, 5) is 18.9. The van der Waals surface area contributed by atoms with E-state index in [1.165, 1.54) is 5.56 Å². The highest BCUT2D eigenvalue weighted by Crippen LogP contribution is 2.28. The fraction of sp³-hybridized carbons (Fsp3) is 0.526. The Hall–Kier alpha value is -2.37. The van der Waals surface area contributed by atoms with Crippen LogP contribution in [0.15, 0.2) is 28.9 Å². The van der Waals surface area contributed by atoms with Gasteiger partial charge in [0, 0.05) is 38.3 Å². The second-order valence-corrected chi connectivity index (χ2v) is 7.10. The van der Waals surface area contributed by atoms with Crippen molar-refractivity contribution in [3.8, 4) is 0 Å². The van der Waals surface area contributed by atoms with Gasteiger partial charge in [0.15, 0.2) is 0 Å². The molecule has 1 amide bonds. The summed E-state index contributed by atoms with van der Waals surface area (Å²) in [7, 11) is 1.86. The quantitative estimate of drug-likeness (QED) is 0.902. The molecule has 134 valence electrons. The summed E-state index contributed by atoms with van der Waals surface area (Å²) in [5.41, 5.74) is 2.06. The van der Waals surface area contributed by atoms with Gasteiger partial charge in [0.25, 0.3) is 5.91 Å². The molecule has 6 heteroatoms. The molecule has 3 rings (SSSR count). The summed E-state index contributed by atoms with van der Waals surface area (Å²) in [5.74, 6) is 1.96. The van der Waals surface area contributed by atoms with Gasteiger partial charge in [0.2, 0.25) is 5.76 Å². The molecule has 6 nitrogen and oxygen atoms in total. The zero-order valence-electron chi connectivity index (χ0n) is 15.2. The van der Waals surface area contributed by atoms with Crippen molar-refractivity contribution in [3.63, 3.8) is 0 Å². The first-order valence-corrected chi connectivity index (χ1v) is 8.95. The Balaban J connectivity index is 1.70. The van der Waals surface area contributed by atoms with E-state index in [-0.39, 0.29) is 5.91 Å². The Bertz CT molecular complexity index is 726. The first-order valence-electron chi connectivity index (χ1n) is 8.95. The number of carbonyl (C=O) groups is 1.